The van der Waals surface area contributed by atoms with E-state index in [1.165, 1.54) is 0 Å². The van der Waals surface area contributed by atoms with Crippen molar-refractivity contribution in [1.82, 2.24) is 15.3 Å². The van der Waals surface area contributed by atoms with Crippen LogP contribution >= 0.6 is 0 Å². The summed E-state index contributed by atoms with van der Waals surface area (Å²) in [6.07, 6.45) is 3.38. The maximum absolute atomic E-state index is 12.3. The minimum Gasteiger partial charge on any atom is -0.348 e. The normalized spacial score (nSPS) is 10.3. The molecule has 2 heterocycles. The van der Waals surface area contributed by atoms with E-state index < -0.39 is 0 Å². The maximum atomic E-state index is 12.3. The SMILES string of the molecule is Cc1ccnc(-c2cc(C(=O)NCc3ccccc3)ccn2)c1. The van der Waals surface area contributed by atoms with E-state index in [1.807, 2.05) is 49.4 Å². The van der Waals surface area contributed by atoms with Crippen molar-refractivity contribution in [3.8, 4) is 11.4 Å². The van der Waals surface area contributed by atoms with Gasteiger partial charge in [-0.15, -0.1) is 0 Å². The molecule has 0 radical (unpaired) electrons. The van der Waals surface area contributed by atoms with Crippen LogP contribution in [-0.4, -0.2) is 15.9 Å². The molecule has 0 atom stereocenters. The quantitative estimate of drug-likeness (QED) is 0.804. The Morgan fingerprint density at radius 3 is 2.39 bits per heavy atom. The van der Waals surface area contributed by atoms with Crippen LogP contribution in [0.2, 0.25) is 0 Å². The average Bonchev–Trinajstić information content (AvgIpc) is 2.61. The number of carbonyl (C=O) groups excluding carboxylic acids is 1. The molecule has 1 N–H and O–H groups in total. The van der Waals surface area contributed by atoms with Gasteiger partial charge in [-0.2, -0.15) is 0 Å². The van der Waals surface area contributed by atoms with Crippen molar-refractivity contribution >= 4 is 5.91 Å². The molecule has 1 amide bonds. The van der Waals surface area contributed by atoms with Gasteiger partial charge in [0.25, 0.3) is 5.91 Å². The number of benzene rings is 1. The number of pyridine rings is 2. The summed E-state index contributed by atoms with van der Waals surface area (Å²) < 4.78 is 0. The first kappa shape index (κ1) is 14.9. The maximum Gasteiger partial charge on any atom is 0.251 e. The van der Waals surface area contributed by atoms with Crippen molar-refractivity contribution in [2.45, 2.75) is 13.5 Å². The average molecular weight is 303 g/mol. The van der Waals surface area contributed by atoms with Gasteiger partial charge in [0.2, 0.25) is 0 Å². The van der Waals surface area contributed by atoms with E-state index in [1.54, 1.807) is 24.5 Å². The molecule has 3 aromatic rings. The summed E-state index contributed by atoms with van der Waals surface area (Å²) in [5.74, 6) is -0.120. The van der Waals surface area contributed by atoms with E-state index >= 15 is 0 Å². The lowest BCUT2D eigenvalue weighted by Crippen LogP contribution is -2.22. The molecule has 0 bridgehead atoms. The third-order valence-electron chi connectivity index (χ3n) is 3.50. The first-order chi connectivity index (χ1) is 11.2. The van der Waals surface area contributed by atoms with E-state index in [0.29, 0.717) is 17.8 Å². The van der Waals surface area contributed by atoms with Gasteiger partial charge in [0.15, 0.2) is 0 Å². The second-order valence-electron chi connectivity index (χ2n) is 5.32. The molecule has 4 nitrogen and oxygen atoms in total. The van der Waals surface area contributed by atoms with Crippen LogP contribution in [0.3, 0.4) is 0 Å². The molecule has 1 aromatic carbocycles. The Morgan fingerprint density at radius 1 is 0.957 bits per heavy atom. The number of hydrogen-bond acceptors (Lipinski definition) is 3. The summed E-state index contributed by atoms with van der Waals surface area (Å²) in [6.45, 7) is 2.50. The molecule has 3 rings (SSSR count). The smallest absolute Gasteiger partial charge is 0.251 e. The van der Waals surface area contributed by atoms with Gasteiger partial charge in [-0.3, -0.25) is 14.8 Å². The monoisotopic (exact) mass is 303 g/mol. The number of rotatable bonds is 4. The van der Waals surface area contributed by atoms with E-state index in [4.69, 9.17) is 0 Å². The highest BCUT2D eigenvalue weighted by molar-refractivity contribution is 5.94. The summed E-state index contributed by atoms with van der Waals surface area (Å²) in [5, 5.41) is 2.92. The van der Waals surface area contributed by atoms with E-state index in [9.17, 15) is 4.79 Å². The van der Waals surface area contributed by atoms with Gasteiger partial charge < -0.3 is 5.32 Å². The van der Waals surface area contributed by atoms with Crippen LogP contribution in [0.1, 0.15) is 21.5 Å². The number of carbonyl (C=O) groups is 1. The Morgan fingerprint density at radius 2 is 1.65 bits per heavy atom. The van der Waals surface area contributed by atoms with Gasteiger partial charge in [-0.05, 0) is 42.3 Å². The third-order valence-corrected chi connectivity index (χ3v) is 3.50. The summed E-state index contributed by atoms with van der Waals surface area (Å²) in [4.78, 5) is 20.9. The molecule has 4 heteroatoms. The fourth-order valence-electron chi connectivity index (χ4n) is 2.27. The highest BCUT2D eigenvalue weighted by atomic mass is 16.1. The van der Waals surface area contributed by atoms with Crippen LogP contribution in [0.15, 0.2) is 67.0 Å². The second-order valence-corrected chi connectivity index (χ2v) is 5.32. The molecular formula is C19H17N3O. The van der Waals surface area contributed by atoms with Gasteiger partial charge in [0.1, 0.15) is 0 Å². The predicted molar refractivity (Wildman–Crippen MR) is 89.8 cm³/mol. The van der Waals surface area contributed by atoms with Gasteiger partial charge in [0, 0.05) is 24.5 Å². The van der Waals surface area contributed by atoms with Crippen LogP contribution < -0.4 is 5.32 Å². The van der Waals surface area contributed by atoms with Crippen LogP contribution in [0.25, 0.3) is 11.4 Å². The van der Waals surface area contributed by atoms with Gasteiger partial charge >= 0.3 is 0 Å². The molecule has 2 aromatic heterocycles. The minimum atomic E-state index is -0.120. The molecule has 0 aliphatic heterocycles. The molecule has 0 fully saturated rings. The Bertz CT molecular complexity index is 816. The number of nitrogens with zero attached hydrogens (tertiary/aromatic N) is 2. The van der Waals surface area contributed by atoms with Crippen LogP contribution in [0.5, 0.6) is 0 Å². The van der Waals surface area contributed by atoms with Crippen molar-refractivity contribution in [3.63, 3.8) is 0 Å². The van der Waals surface area contributed by atoms with Crippen molar-refractivity contribution < 1.29 is 4.79 Å². The van der Waals surface area contributed by atoms with Crippen molar-refractivity contribution in [3.05, 3.63) is 83.7 Å². The van der Waals surface area contributed by atoms with E-state index in [2.05, 4.69) is 15.3 Å². The number of aryl methyl sites for hydroxylation is 1. The summed E-state index contributed by atoms with van der Waals surface area (Å²) >= 11 is 0. The Labute approximate surface area is 135 Å². The topological polar surface area (TPSA) is 54.9 Å². The minimum absolute atomic E-state index is 0.120. The summed E-state index contributed by atoms with van der Waals surface area (Å²) in [6, 6.07) is 17.2. The number of nitrogens with one attached hydrogen (secondary N) is 1. The van der Waals surface area contributed by atoms with Gasteiger partial charge in [0.05, 0.1) is 11.4 Å². The molecule has 114 valence electrons. The largest absolute Gasteiger partial charge is 0.348 e. The van der Waals surface area contributed by atoms with Gasteiger partial charge in [-0.25, -0.2) is 0 Å². The molecule has 23 heavy (non-hydrogen) atoms. The fraction of sp³-hybridized carbons (Fsp3) is 0.105. The number of hydrogen-bond donors (Lipinski definition) is 1. The summed E-state index contributed by atoms with van der Waals surface area (Å²) in [5.41, 5.74) is 4.21. The fourth-order valence-corrected chi connectivity index (χ4v) is 2.27. The molecular weight excluding hydrogens is 286 g/mol. The molecule has 0 saturated carbocycles. The number of amides is 1. The van der Waals surface area contributed by atoms with Gasteiger partial charge in [-0.1, -0.05) is 30.3 Å². The highest BCUT2D eigenvalue weighted by Crippen LogP contribution is 2.16. The standard InChI is InChI=1S/C19H17N3O/c1-14-7-9-20-17(11-14)18-12-16(8-10-21-18)19(23)22-13-15-5-3-2-4-6-15/h2-12H,13H2,1H3,(H,22,23). The molecule has 0 aliphatic carbocycles. The van der Waals surface area contributed by atoms with Crippen molar-refractivity contribution in [2.24, 2.45) is 0 Å². The zero-order chi connectivity index (χ0) is 16.1. The summed E-state index contributed by atoms with van der Waals surface area (Å²) in [7, 11) is 0. The molecule has 0 spiro atoms. The van der Waals surface area contributed by atoms with E-state index in [0.717, 1.165) is 16.8 Å². The van der Waals surface area contributed by atoms with E-state index in [-0.39, 0.29) is 5.91 Å². The first-order valence-electron chi connectivity index (χ1n) is 7.43. The molecule has 0 aliphatic rings. The van der Waals surface area contributed by atoms with Crippen LogP contribution in [-0.2, 0) is 6.54 Å². The lowest BCUT2D eigenvalue weighted by molar-refractivity contribution is 0.0951. The highest BCUT2D eigenvalue weighted by Gasteiger charge is 2.08. The molecule has 0 saturated heterocycles. The first-order valence-corrected chi connectivity index (χ1v) is 7.43. The van der Waals surface area contributed by atoms with Crippen LogP contribution in [0, 0.1) is 6.92 Å². The number of aromatic nitrogens is 2. The van der Waals surface area contributed by atoms with Crippen molar-refractivity contribution in [1.29, 1.82) is 0 Å². The lowest BCUT2D eigenvalue weighted by Gasteiger charge is -2.07. The van der Waals surface area contributed by atoms with Crippen LogP contribution in [0.4, 0.5) is 0 Å². The Kier molecular flexibility index (Phi) is 4.43. The Balaban J connectivity index is 1.75. The van der Waals surface area contributed by atoms with Crippen molar-refractivity contribution in [2.75, 3.05) is 0 Å². The predicted octanol–water partition coefficient (Wildman–Crippen LogP) is 3.38. The third kappa shape index (κ3) is 3.80. The Hall–Kier alpha value is -3.01. The zero-order valence-corrected chi connectivity index (χ0v) is 12.9. The molecule has 0 unspecified atom stereocenters. The lowest BCUT2D eigenvalue weighted by atomic mass is 10.1. The second kappa shape index (κ2) is 6.83. The zero-order valence-electron chi connectivity index (χ0n) is 12.9.